The predicted octanol–water partition coefficient (Wildman–Crippen LogP) is 2.52. The number of aryl methyl sites for hydroxylation is 2. The summed E-state index contributed by atoms with van der Waals surface area (Å²) in [4.78, 5) is 11.4. The molecule has 0 aliphatic rings. The van der Waals surface area contributed by atoms with Gasteiger partial charge in [-0.15, -0.1) is 0 Å². The second-order valence-electron chi connectivity index (χ2n) is 5.21. The van der Waals surface area contributed by atoms with Crippen LogP contribution in [-0.4, -0.2) is 25.2 Å². The normalized spacial score (nSPS) is 13.7. The lowest BCUT2D eigenvalue weighted by molar-refractivity contribution is -0.147. The van der Waals surface area contributed by atoms with Gasteiger partial charge < -0.3 is 15.2 Å². The van der Waals surface area contributed by atoms with Crippen molar-refractivity contribution in [2.75, 3.05) is 7.11 Å². The minimum absolute atomic E-state index is 0.176. The number of carbonyl (C=O) groups excluding carboxylic acids is 1. The summed E-state index contributed by atoms with van der Waals surface area (Å²) in [5, 5.41) is 0. The second kappa shape index (κ2) is 7.29. The quantitative estimate of drug-likeness (QED) is 0.813. The molecule has 1 aromatic carbocycles. The number of esters is 1. The molecule has 2 unspecified atom stereocenters. The maximum atomic E-state index is 11.4. The van der Waals surface area contributed by atoms with Crippen LogP contribution in [0.2, 0.25) is 0 Å². The summed E-state index contributed by atoms with van der Waals surface area (Å²) in [5.74, 6) is 0.373. The van der Waals surface area contributed by atoms with E-state index >= 15 is 0 Å². The largest absolute Gasteiger partial charge is 0.478 e. The van der Waals surface area contributed by atoms with E-state index in [4.69, 9.17) is 10.5 Å². The Morgan fingerprint density at radius 3 is 2.30 bits per heavy atom. The molecule has 112 valence electrons. The van der Waals surface area contributed by atoms with Gasteiger partial charge in [-0.2, -0.15) is 0 Å². The van der Waals surface area contributed by atoms with Gasteiger partial charge in [0.25, 0.3) is 0 Å². The van der Waals surface area contributed by atoms with E-state index in [2.05, 4.69) is 23.8 Å². The highest BCUT2D eigenvalue weighted by molar-refractivity contribution is 5.74. The van der Waals surface area contributed by atoms with Crippen LogP contribution in [0.5, 0.6) is 5.75 Å². The average Bonchev–Trinajstić information content (AvgIpc) is 2.41. The van der Waals surface area contributed by atoms with Gasteiger partial charge in [-0.3, -0.25) is 0 Å². The van der Waals surface area contributed by atoms with E-state index in [9.17, 15) is 4.79 Å². The lowest BCUT2D eigenvalue weighted by atomic mass is 9.99. The summed E-state index contributed by atoms with van der Waals surface area (Å²) in [5.41, 5.74) is 9.22. The van der Waals surface area contributed by atoms with Crippen molar-refractivity contribution >= 4 is 5.97 Å². The van der Waals surface area contributed by atoms with E-state index in [0.717, 1.165) is 29.7 Å². The molecular weight excluding hydrogens is 254 g/mol. The average molecular weight is 279 g/mol. The van der Waals surface area contributed by atoms with Crippen LogP contribution in [0.4, 0.5) is 0 Å². The van der Waals surface area contributed by atoms with E-state index in [1.165, 1.54) is 12.7 Å². The number of nitrogens with two attached hydrogens (primary N) is 1. The number of benzene rings is 1. The molecular formula is C16H25NO3. The molecule has 0 saturated heterocycles. The van der Waals surface area contributed by atoms with Crippen molar-refractivity contribution in [3.8, 4) is 5.75 Å². The van der Waals surface area contributed by atoms with Gasteiger partial charge in [0.2, 0.25) is 0 Å². The van der Waals surface area contributed by atoms with Crippen molar-refractivity contribution < 1.29 is 14.3 Å². The molecule has 20 heavy (non-hydrogen) atoms. The second-order valence-corrected chi connectivity index (χ2v) is 5.21. The molecule has 0 saturated carbocycles. The zero-order valence-electron chi connectivity index (χ0n) is 13.0. The Labute approximate surface area is 121 Å². The molecule has 4 heteroatoms. The van der Waals surface area contributed by atoms with Crippen LogP contribution in [0.25, 0.3) is 0 Å². The molecule has 0 heterocycles. The molecule has 0 amide bonds. The number of rotatable bonds is 6. The van der Waals surface area contributed by atoms with Gasteiger partial charge in [0.05, 0.1) is 7.11 Å². The van der Waals surface area contributed by atoms with Crippen LogP contribution >= 0.6 is 0 Å². The van der Waals surface area contributed by atoms with Crippen LogP contribution < -0.4 is 10.5 Å². The van der Waals surface area contributed by atoms with Crippen molar-refractivity contribution in [1.29, 1.82) is 0 Å². The van der Waals surface area contributed by atoms with E-state index in [1.54, 1.807) is 6.92 Å². The highest BCUT2D eigenvalue weighted by Gasteiger charge is 2.17. The highest BCUT2D eigenvalue weighted by atomic mass is 16.6. The van der Waals surface area contributed by atoms with Crippen LogP contribution in [0.15, 0.2) is 12.1 Å². The number of methoxy groups -OCH3 is 1. The standard InChI is InChI=1S/C16H25NO3/c1-6-14(17)9-13-7-10(2)15(11(3)8-13)20-12(4)16(18)19-5/h7-8,12,14H,6,9,17H2,1-5H3. The van der Waals surface area contributed by atoms with E-state index in [0.29, 0.717) is 0 Å². The van der Waals surface area contributed by atoms with E-state index in [1.807, 2.05) is 13.8 Å². The van der Waals surface area contributed by atoms with E-state index < -0.39 is 6.10 Å². The Morgan fingerprint density at radius 1 is 1.30 bits per heavy atom. The Balaban J connectivity index is 2.92. The lowest BCUT2D eigenvalue weighted by Gasteiger charge is -2.18. The minimum atomic E-state index is -0.610. The first-order valence-electron chi connectivity index (χ1n) is 6.99. The minimum Gasteiger partial charge on any atom is -0.478 e. The third-order valence-corrected chi connectivity index (χ3v) is 3.37. The third kappa shape index (κ3) is 4.23. The van der Waals surface area contributed by atoms with Gasteiger partial charge in [-0.05, 0) is 50.3 Å². The van der Waals surface area contributed by atoms with Gasteiger partial charge in [-0.25, -0.2) is 4.79 Å². The third-order valence-electron chi connectivity index (χ3n) is 3.37. The molecule has 0 spiro atoms. The topological polar surface area (TPSA) is 61.5 Å². The number of ether oxygens (including phenoxy) is 2. The molecule has 2 N–H and O–H groups in total. The molecule has 0 aliphatic carbocycles. The maximum absolute atomic E-state index is 11.4. The number of hydrogen-bond donors (Lipinski definition) is 1. The van der Waals surface area contributed by atoms with Gasteiger partial charge in [0, 0.05) is 6.04 Å². The molecule has 1 rings (SSSR count). The van der Waals surface area contributed by atoms with Crippen LogP contribution in [0.1, 0.15) is 37.0 Å². The first-order chi connectivity index (χ1) is 9.38. The monoisotopic (exact) mass is 279 g/mol. The summed E-state index contributed by atoms with van der Waals surface area (Å²) >= 11 is 0. The molecule has 0 fully saturated rings. The molecule has 0 radical (unpaired) electrons. The maximum Gasteiger partial charge on any atom is 0.346 e. The molecule has 0 aliphatic heterocycles. The fraction of sp³-hybridized carbons (Fsp3) is 0.562. The van der Waals surface area contributed by atoms with Crippen LogP contribution in [0, 0.1) is 13.8 Å². The van der Waals surface area contributed by atoms with Crippen molar-refractivity contribution in [3.05, 3.63) is 28.8 Å². The smallest absolute Gasteiger partial charge is 0.346 e. The van der Waals surface area contributed by atoms with Crippen molar-refractivity contribution in [2.45, 2.75) is 52.7 Å². The van der Waals surface area contributed by atoms with Gasteiger partial charge in [0.1, 0.15) is 5.75 Å². The van der Waals surface area contributed by atoms with E-state index in [-0.39, 0.29) is 12.0 Å². The molecule has 2 atom stereocenters. The number of carbonyl (C=O) groups is 1. The zero-order chi connectivity index (χ0) is 15.3. The summed E-state index contributed by atoms with van der Waals surface area (Å²) in [7, 11) is 1.36. The van der Waals surface area contributed by atoms with Crippen molar-refractivity contribution in [2.24, 2.45) is 5.73 Å². The summed E-state index contributed by atoms with van der Waals surface area (Å²) in [6.07, 6.45) is 1.20. The summed E-state index contributed by atoms with van der Waals surface area (Å²) < 4.78 is 10.4. The van der Waals surface area contributed by atoms with Gasteiger partial charge in [-0.1, -0.05) is 19.1 Å². The van der Waals surface area contributed by atoms with Crippen LogP contribution in [0.3, 0.4) is 0 Å². The summed E-state index contributed by atoms with van der Waals surface area (Å²) in [6.45, 7) is 7.73. The van der Waals surface area contributed by atoms with Crippen molar-refractivity contribution in [3.63, 3.8) is 0 Å². The molecule has 4 nitrogen and oxygen atoms in total. The molecule has 1 aromatic rings. The Hall–Kier alpha value is -1.55. The summed E-state index contributed by atoms with van der Waals surface area (Å²) in [6, 6.07) is 4.32. The SMILES string of the molecule is CCC(N)Cc1cc(C)c(OC(C)C(=O)OC)c(C)c1. The Bertz CT molecular complexity index is 448. The van der Waals surface area contributed by atoms with Crippen LogP contribution in [-0.2, 0) is 16.0 Å². The van der Waals surface area contributed by atoms with Gasteiger partial charge in [0.15, 0.2) is 6.10 Å². The number of hydrogen-bond acceptors (Lipinski definition) is 4. The fourth-order valence-electron chi connectivity index (χ4n) is 2.18. The van der Waals surface area contributed by atoms with Crippen molar-refractivity contribution in [1.82, 2.24) is 0 Å². The molecule has 0 bridgehead atoms. The fourth-order valence-corrected chi connectivity index (χ4v) is 2.18. The molecule has 0 aromatic heterocycles. The Kier molecular flexibility index (Phi) is 6.02. The predicted molar refractivity (Wildman–Crippen MR) is 80.0 cm³/mol. The van der Waals surface area contributed by atoms with Gasteiger partial charge >= 0.3 is 5.97 Å². The Morgan fingerprint density at radius 2 is 1.85 bits per heavy atom. The first-order valence-corrected chi connectivity index (χ1v) is 6.99. The first kappa shape index (κ1) is 16.5. The zero-order valence-corrected chi connectivity index (χ0v) is 13.0. The highest BCUT2D eigenvalue weighted by Crippen LogP contribution is 2.26. The lowest BCUT2D eigenvalue weighted by Crippen LogP contribution is -2.25.